The average molecular weight is 257 g/mol. The molecule has 0 amide bonds. The molecule has 0 unspecified atom stereocenters. The van der Waals surface area contributed by atoms with E-state index in [0.29, 0.717) is 6.42 Å². The molecule has 0 aliphatic rings. The van der Waals surface area contributed by atoms with E-state index in [-0.39, 0.29) is 51.5 Å². The number of rotatable bonds is 2. The van der Waals surface area contributed by atoms with Crippen LogP contribution in [0.15, 0.2) is 0 Å². The molecule has 8 heavy (non-hydrogen) atoms. The average Bonchev–Trinajstić information content (AvgIpc) is 1.65. The molecule has 0 aromatic heterocycles. The molecular weight excluding hydrogens is 249 g/mol. The van der Waals surface area contributed by atoms with Gasteiger partial charge >= 0.3 is 39.9 Å². The Kier molecular flexibility index (Phi) is 8.30. The van der Waals surface area contributed by atoms with Crippen molar-refractivity contribution in [1.82, 2.24) is 0 Å². The summed E-state index contributed by atoms with van der Waals surface area (Å²) in [5, 5.41) is 0. The number of ketones is 2. The molecule has 45 valence electrons. The maximum Gasteiger partial charge on any atom is 3.00 e. The molecule has 0 fully saturated rings. The second-order valence-electron chi connectivity index (χ2n) is 1.33. The van der Waals surface area contributed by atoms with Crippen molar-refractivity contribution in [3.05, 3.63) is 0 Å². The van der Waals surface area contributed by atoms with Gasteiger partial charge in [-0.2, -0.15) is 0 Å². The number of hydrogen-bond donors (Lipinski definition) is 0. The third kappa shape index (κ3) is 4.81. The van der Waals surface area contributed by atoms with Gasteiger partial charge in [-0.25, -0.2) is 0 Å². The summed E-state index contributed by atoms with van der Waals surface area (Å²) in [5.74, 6) is -0.637. The largest absolute Gasteiger partial charge is 3.00 e. The molecule has 0 saturated carbocycles. The van der Waals surface area contributed by atoms with Crippen LogP contribution in [-0.4, -0.2) is 11.6 Å². The van der Waals surface area contributed by atoms with E-state index in [1.54, 1.807) is 6.92 Å². The second kappa shape index (κ2) is 5.80. The molecule has 0 aromatic carbocycles. The third-order valence-corrected chi connectivity index (χ3v) is 0.714. The van der Waals surface area contributed by atoms with Crippen molar-refractivity contribution in [2.24, 2.45) is 0 Å². The molecule has 0 heterocycles. The van der Waals surface area contributed by atoms with Crippen LogP contribution in [0.2, 0.25) is 0 Å². The van der Waals surface area contributed by atoms with Gasteiger partial charge in [-0.3, -0.25) is 9.59 Å². The van der Waals surface area contributed by atoms with E-state index in [0.717, 1.165) is 0 Å². The van der Waals surface area contributed by atoms with E-state index in [1.165, 1.54) is 6.92 Å². The number of carbonyl (C=O) groups is 2. The minimum Gasteiger partial charge on any atom is -0.291 e. The molecule has 0 aliphatic carbocycles. The second-order valence-corrected chi connectivity index (χ2v) is 1.33. The molecule has 0 bridgehead atoms. The van der Waals surface area contributed by atoms with Gasteiger partial charge in [0, 0.05) is 13.3 Å². The molecule has 0 N–H and O–H groups in total. The Morgan fingerprint density at radius 3 is 1.75 bits per heavy atom. The standard InChI is InChI=1S/C5H8O2.Gd/c1-3-5(7)4(2)6;/h3H2,1-2H3;/q;+3. The maximum absolute atomic E-state index is 10.2. The van der Waals surface area contributed by atoms with Crippen molar-refractivity contribution in [3.8, 4) is 0 Å². The quantitative estimate of drug-likeness (QED) is 0.677. The normalized spacial score (nSPS) is 7.25. The van der Waals surface area contributed by atoms with Crippen LogP contribution in [0.3, 0.4) is 0 Å². The first-order valence-electron chi connectivity index (χ1n) is 2.22. The first-order valence-corrected chi connectivity index (χ1v) is 2.22. The first-order chi connectivity index (χ1) is 3.18. The van der Waals surface area contributed by atoms with Gasteiger partial charge in [-0.15, -0.1) is 0 Å². The van der Waals surface area contributed by atoms with Crippen molar-refractivity contribution < 1.29 is 49.5 Å². The topological polar surface area (TPSA) is 34.1 Å². The summed E-state index contributed by atoms with van der Waals surface area (Å²) in [6.07, 6.45) is 0.329. The monoisotopic (exact) mass is 258 g/mol. The van der Waals surface area contributed by atoms with Gasteiger partial charge in [0.15, 0.2) is 11.6 Å². The molecule has 0 aliphatic heterocycles. The maximum atomic E-state index is 10.2. The van der Waals surface area contributed by atoms with Crippen LogP contribution in [-0.2, 0) is 9.59 Å². The Morgan fingerprint density at radius 1 is 1.38 bits per heavy atom. The fourth-order valence-electron chi connectivity index (χ4n) is 0.249. The Hall–Kier alpha value is 0.665. The zero-order valence-corrected chi connectivity index (χ0v) is 7.15. The van der Waals surface area contributed by atoms with E-state index in [2.05, 4.69) is 0 Å². The van der Waals surface area contributed by atoms with E-state index in [9.17, 15) is 9.59 Å². The molecule has 1 radical (unpaired) electrons. The van der Waals surface area contributed by atoms with Gasteiger partial charge in [0.25, 0.3) is 0 Å². The van der Waals surface area contributed by atoms with Crippen molar-refractivity contribution in [2.75, 3.05) is 0 Å². The SMILES string of the molecule is CCC(=O)C(C)=O.[Gd+3]. The van der Waals surface area contributed by atoms with Crippen LogP contribution in [0.5, 0.6) is 0 Å². The molecule has 0 aromatic rings. The van der Waals surface area contributed by atoms with Crippen molar-refractivity contribution in [1.29, 1.82) is 0 Å². The van der Waals surface area contributed by atoms with Crippen molar-refractivity contribution >= 4 is 11.6 Å². The van der Waals surface area contributed by atoms with E-state index in [4.69, 9.17) is 0 Å². The predicted octanol–water partition coefficient (Wildman–Crippen LogP) is 0.554. The fourth-order valence-corrected chi connectivity index (χ4v) is 0.249. The molecule has 0 rings (SSSR count). The summed E-state index contributed by atoms with van der Waals surface area (Å²) in [6, 6.07) is 0. The van der Waals surface area contributed by atoms with Crippen LogP contribution >= 0.6 is 0 Å². The van der Waals surface area contributed by atoms with Gasteiger partial charge in [0.2, 0.25) is 0 Å². The molecule has 0 atom stereocenters. The summed E-state index contributed by atoms with van der Waals surface area (Å²) < 4.78 is 0. The minimum atomic E-state index is -0.345. The van der Waals surface area contributed by atoms with Gasteiger partial charge in [0.1, 0.15) is 0 Å². The van der Waals surface area contributed by atoms with Gasteiger partial charge in [-0.05, 0) is 0 Å². The third-order valence-electron chi connectivity index (χ3n) is 0.714. The summed E-state index contributed by atoms with van der Waals surface area (Å²) >= 11 is 0. The minimum absolute atomic E-state index is 0. The molecule has 0 saturated heterocycles. The van der Waals surface area contributed by atoms with Crippen LogP contribution < -0.4 is 0 Å². The molecule has 2 nitrogen and oxygen atoms in total. The van der Waals surface area contributed by atoms with Crippen molar-refractivity contribution in [3.63, 3.8) is 0 Å². The van der Waals surface area contributed by atoms with Gasteiger partial charge in [0.05, 0.1) is 0 Å². The molecule has 0 spiro atoms. The summed E-state index contributed by atoms with van der Waals surface area (Å²) in [7, 11) is 0. The van der Waals surface area contributed by atoms with Gasteiger partial charge < -0.3 is 0 Å². The molecular formula is C5H8GdO2+3. The summed E-state index contributed by atoms with van der Waals surface area (Å²) in [6.45, 7) is 2.95. The first kappa shape index (κ1) is 11.5. The van der Waals surface area contributed by atoms with Crippen LogP contribution in [0.25, 0.3) is 0 Å². The summed E-state index contributed by atoms with van der Waals surface area (Å²) in [4.78, 5) is 20.2. The van der Waals surface area contributed by atoms with E-state index >= 15 is 0 Å². The van der Waals surface area contributed by atoms with Crippen molar-refractivity contribution in [2.45, 2.75) is 20.3 Å². The van der Waals surface area contributed by atoms with Crippen LogP contribution in [0.1, 0.15) is 20.3 Å². The van der Waals surface area contributed by atoms with E-state index < -0.39 is 0 Å². The van der Waals surface area contributed by atoms with E-state index in [1.807, 2.05) is 0 Å². The Morgan fingerprint density at radius 2 is 1.75 bits per heavy atom. The van der Waals surface area contributed by atoms with Crippen LogP contribution in [0, 0.1) is 39.9 Å². The zero-order chi connectivity index (χ0) is 5.86. The van der Waals surface area contributed by atoms with Crippen LogP contribution in [0.4, 0.5) is 0 Å². The number of Topliss-reactive ketones (excluding diaryl/α,β-unsaturated/α-hetero) is 2. The summed E-state index contributed by atoms with van der Waals surface area (Å²) in [5.41, 5.74) is 0. The predicted molar refractivity (Wildman–Crippen MR) is 26.0 cm³/mol. The van der Waals surface area contributed by atoms with Gasteiger partial charge in [-0.1, -0.05) is 6.92 Å². The number of hydrogen-bond acceptors (Lipinski definition) is 2. The Bertz CT molecular complexity index is 98.6. The number of carbonyl (C=O) groups excluding carboxylic acids is 2. The smallest absolute Gasteiger partial charge is 0.291 e. The molecule has 3 heteroatoms. The Labute approximate surface area is 80.7 Å². The Balaban J connectivity index is 0. The zero-order valence-electron chi connectivity index (χ0n) is 4.88. The fraction of sp³-hybridized carbons (Fsp3) is 0.600.